The van der Waals surface area contributed by atoms with Gasteiger partial charge >= 0.3 is 0 Å². The number of furan rings is 1. The first kappa shape index (κ1) is 13.3. The number of benzene rings is 1. The van der Waals surface area contributed by atoms with Gasteiger partial charge in [0.25, 0.3) is 0 Å². The summed E-state index contributed by atoms with van der Waals surface area (Å²) >= 11 is 0. The van der Waals surface area contributed by atoms with Crippen LogP contribution in [0.4, 0.5) is 16.2 Å². The van der Waals surface area contributed by atoms with Crippen molar-refractivity contribution in [3.8, 4) is 0 Å². The molecule has 1 atom stereocenters. The molecule has 4 rings (SSSR count). The summed E-state index contributed by atoms with van der Waals surface area (Å²) in [6, 6.07) is 4.80. The van der Waals surface area contributed by atoms with Gasteiger partial charge in [-0.3, -0.25) is 0 Å². The van der Waals surface area contributed by atoms with E-state index in [1.54, 1.807) is 6.07 Å². The number of likely N-dealkylation sites (N-methyl/N-ethyl adjacent to an activating group) is 1. The lowest BCUT2D eigenvalue weighted by Gasteiger charge is -2.17. The molecule has 3 heterocycles. The highest BCUT2D eigenvalue weighted by molar-refractivity contribution is 6.06. The molecule has 1 saturated heterocycles. The summed E-state index contributed by atoms with van der Waals surface area (Å²) in [5, 5.41) is 3.88. The monoisotopic (exact) mass is 301 g/mol. The van der Waals surface area contributed by atoms with E-state index in [1.807, 2.05) is 7.05 Å². The van der Waals surface area contributed by atoms with Crippen LogP contribution in [0.1, 0.15) is 6.42 Å². The molecule has 3 N–H and O–H groups in total. The van der Waals surface area contributed by atoms with Crippen molar-refractivity contribution in [3.63, 3.8) is 0 Å². The maximum absolute atomic E-state index is 13.5. The van der Waals surface area contributed by atoms with E-state index in [4.69, 9.17) is 10.2 Å². The van der Waals surface area contributed by atoms with Crippen molar-refractivity contribution in [2.75, 3.05) is 30.8 Å². The van der Waals surface area contributed by atoms with Crippen LogP contribution in [-0.4, -0.2) is 36.1 Å². The average Bonchev–Trinajstić information content (AvgIpc) is 3.11. The molecule has 114 valence electrons. The Bertz CT molecular complexity index is 862. The van der Waals surface area contributed by atoms with Crippen molar-refractivity contribution >= 4 is 33.8 Å². The quantitative estimate of drug-likeness (QED) is 0.752. The van der Waals surface area contributed by atoms with Crippen LogP contribution >= 0.6 is 0 Å². The molecule has 0 radical (unpaired) electrons. The summed E-state index contributed by atoms with van der Waals surface area (Å²) in [6.07, 6.45) is 1.02. The van der Waals surface area contributed by atoms with Crippen molar-refractivity contribution < 1.29 is 8.81 Å². The summed E-state index contributed by atoms with van der Waals surface area (Å²) in [4.78, 5) is 10.7. The highest BCUT2D eigenvalue weighted by Crippen LogP contribution is 2.34. The van der Waals surface area contributed by atoms with Crippen LogP contribution in [0, 0.1) is 5.82 Å². The number of fused-ring (bicyclic) bond motifs is 3. The van der Waals surface area contributed by atoms with E-state index in [9.17, 15) is 4.39 Å². The lowest BCUT2D eigenvalue weighted by molar-refractivity contribution is 0.615. The van der Waals surface area contributed by atoms with Gasteiger partial charge in [0.15, 0.2) is 11.4 Å². The number of rotatable bonds is 2. The number of hydrogen-bond acceptors (Lipinski definition) is 6. The molecule has 7 heteroatoms. The molecule has 1 aliphatic heterocycles. The van der Waals surface area contributed by atoms with Gasteiger partial charge in [-0.15, -0.1) is 0 Å². The van der Waals surface area contributed by atoms with E-state index in [0.29, 0.717) is 33.9 Å². The van der Waals surface area contributed by atoms with Gasteiger partial charge < -0.3 is 20.4 Å². The van der Waals surface area contributed by atoms with E-state index >= 15 is 0 Å². The topological polar surface area (TPSA) is 80.2 Å². The normalized spacial score (nSPS) is 18.6. The second kappa shape index (κ2) is 4.81. The third-order valence-corrected chi connectivity index (χ3v) is 4.17. The minimum absolute atomic E-state index is 0.169. The van der Waals surface area contributed by atoms with Crippen molar-refractivity contribution in [2.24, 2.45) is 0 Å². The van der Waals surface area contributed by atoms with E-state index in [0.717, 1.165) is 19.5 Å². The van der Waals surface area contributed by atoms with E-state index < -0.39 is 0 Å². The molecule has 0 aliphatic carbocycles. The fourth-order valence-corrected chi connectivity index (χ4v) is 3.02. The Balaban J connectivity index is 1.93. The van der Waals surface area contributed by atoms with Crippen molar-refractivity contribution in [2.45, 2.75) is 12.5 Å². The first-order valence-corrected chi connectivity index (χ1v) is 7.23. The highest BCUT2D eigenvalue weighted by Gasteiger charge is 2.26. The summed E-state index contributed by atoms with van der Waals surface area (Å²) in [5.74, 6) is 0.518. The van der Waals surface area contributed by atoms with Crippen LogP contribution in [0.5, 0.6) is 0 Å². The van der Waals surface area contributed by atoms with Crippen LogP contribution in [0.2, 0.25) is 0 Å². The van der Waals surface area contributed by atoms with Crippen molar-refractivity contribution in [1.29, 1.82) is 0 Å². The predicted molar refractivity (Wildman–Crippen MR) is 83.4 cm³/mol. The zero-order valence-electron chi connectivity index (χ0n) is 12.1. The van der Waals surface area contributed by atoms with Gasteiger partial charge in [0.2, 0.25) is 5.95 Å². The van der Waals surface area contributed by atoms with Gasteiger partial charge in [-0.05, 0) is 31.7 Å². The van der Waals surface area contributed by atoms with Crippen LogP contribution in [0.25, 0.3) is 22.1 Å². The van der Waals surface area contributed by atoms with Gasteiger partial charge in [0.1, 0.15) is 16.9 Å². The van der Waals surface area contributed by atoms with E-state index in [2.05, 4.69) is 20.2 Å². The first-order valence-electron chi connectivity index (χ1n) is 7.23. The fourth-order valence-electron chi connectivity index (χ4n) is 3.02. The molecule has 1 fully saturated rings. The van der Waals surface area contributed by atoms with E-state index in [-0.39, 0.29) is 11.8 Å². The van der Waals surface area contributed by atoms with Crippen molar-refractivity contribution in [1.82, 2.24) is 15.3 Å². The molecule has 0 spiro atoms. The molecule has 1 aromatic carbocycles. The number of anilines is 2. The molecule has 0 saturated carbocycles. The minimum Gasteiger partial charge on any atom is -0.450 e. The standard InChI is InChI=1S/C15H16FN5O/c1-18-9-4-5-21(7-9)14-13-12(19-15(17)20-14)10-6-8(16)2-3-11(10)22-13/h2-3,6,9,18H,4-5,7H2,1H3,(H2,17,19,20)/t9-/m1/s1. The number of nitrogens with one attached hydrogen (secondary N) is 1. The molecule has 0 amide bonds. The highest BCUT2D eigenvalue weighted by atomic mass is 19.1. The zero-order valence-corrected chi connectivity index (χ0v) is 12.1. The number of aromatic nitrogens is 2. The van der Waals surface area contributed by atoms with Crippen LogP contribution in [0.15, 0.2) is 22.6 Å². The number of halogens is 1. The number of nitrogens with zero attached hydrogens (tertiary/aromatic N) is 3. The Labute approximate surface area is 126 Å². The third-order valence-electron chi connectivity index (χ3n) is 4.17. The lowest BCUT2D eigenvalue weighted by Crippen LogP contribution is -2.30. The second-order valence-corrected chi connectivity index (χ2v) is 5.55. The summed E-state index contributed by atoms with van der Waals surface area (Å²) < 4.78 is 19.4. The Morgan fingerprint density at radius 1 is 1.41 bits per heavy atom. The fraction of sp³-hybridized carbons (Fsp3) is 0.333. The number of nitrogen functional groups attached to an aromatic ring is 1. The molecular weight excluding hydrogens is 285 g/mol. The summed E-state index contributed by atoms with van der Waals surface area (Å²) in [5.41, 5.74) is 7.55. The van der Waals surface area contributed by atoms with Crippen LogP contribution in [-0.2, 0) is 0 Å². The average molecular weight is 301 g/mol. The predicted octanol–water partition coefficient (Wildman–Crippen LogP) is 1.90. The summed E-state index contributed by atoms with van der Waals surface area (Å²) in [7, 11) is 1.95. The van der Waals surface area contributed by atoms with Gasteiger partial charge in [-0.25, -0.2) is 9.37 Å². The molecule has 0 unspecified atom stereocenters. The van der Waals surface area contributed by atoms with Gasteiger partial charge in [-0.2, -0.15) is 4.98 Å². The molecule has 0 bridgehead atoms. The van der Waals surface area contributed by atoms with Gasteiger partial charge in [-0.1, -0.05) is 0 Å². The lowest BCUT2D eigenvalue weighted by atomic mass is 10.2. The SMILES string of the molecule is CN[C@@H]1CCN(c2nc(N)nc3c2oc2ccc(F)cc23)C1. The van der Waals surface area contributed by atoms with Crippen molar-refractivity contribution in [3.05, 3.63) is 24.0 Å². The maximum Gasteiger partial charge on any atom is 0.222 e. The molecular formula is C15H16FN5O. The maximum atomic E-state index is 13.5. The molecule has 2 aromatic heterocycles. The Morgan fingerprint density at radius 2 is 2.27 bits per heavy atom. The molecule has 3 aromatic rings. The number of hydrogen-bond donors (Lipinski definition) is 2. The van der Waals surface area contributed by atoms with E-state index in [1.165, 1.54) is 12.1 Å². The number of nitrogens with two attached hydrogens (primary N) is 1. The smallest absolute Gasteiger partial charge is 0.222 e. The van der Waals surface area contributed by atoms with Gasteiger partial charge in [0.05, 0.1) is 0 Å². The Kier molecular flexibility index (Phi) is 2.90. The minimum atomic E-state index is -0.328. The summed E-state index contributed by atoms with van der Waals surface area (Å²) in [6.45, 7) is 1.69. The van der Waals surface area contributed by atoms with Crippen LogP contribution < -0.4 is 16.0 Å². The first-order chi connectivity index (χ1) is 10.7. The Hall–Kier alpha value is -2.41. The molecule has 22 heavy (non-hydrogen) atoms. The third kappa shape index (κ3) is 1.97. The largest absolute Gasteiger partial charge is 0.450 e. The van der Waals surface area contributed by atoms with Gasteiger partial charge in [0, 0.05) is 24.5 Å². The Morgan fingerprint density at radius 3 is 3.05 bits per heavy atom. The van der Waals surface area contributed by atoms with Crippen LogP contribution in [0.3, 0.4) is 0 Å². The zero-order chi connectivity index (χ0) is 15.3. The molecule has 6 nitrogen and oxygen atoms in total. The molecule has 1 aliphatic rings. The second-order valence-electron chi connectivity index (χ2n) is 5.55.